The molecule has 20 heavy (non-hydrogen) atoms. The largest absolute Gasteiger partial charge is 0.325 e. The molecule has 0 bridgehead atoms. The van der Waals surface area contributed by atoms with Crippen LogP contribution in [0.15, 0.2) is 24.3 Å². The monoisotopic (exact) mass is 275 g/mol. The van der Waals surface area contributed by atoms with Crippen molar-refractivity contribution in [1.82, 2.24) is 10.2 Å². The average molecular weight is 275 g/mol. The van der Waals surface area contributed by atoms with Gasteiger partial charge in [0.25, 0.3) is 0 Å². The van der Waals surface area contributed by atoms with Gasteiger partial charge in [-0.05, 0) is 39.1 Å². The van der Waals surface area contributed by atoms with Crippen LogP contribution in [0, 0.1) is 0 Å². The minimum atomic E-state index is -0.0555. The topological polar surface area (TPSA) is 61.4 Å². The van der Waals surface area contributed by atoms with Crippen molar-refractivity contribution in [2.45, 2.75) is 19.4 Å². The number of rotatable bonds is 5. The van der Waals surface area contributed by atoms with E-state index in [2.05, 4.69) is 15.5 Å². The lowest BCUT2D eigenvalue weighted by Crippen LogP contribution is -2.39. The van der Waals surface area contributed by atoms with E-state index in [0.29, 0.717) is 23.8 Å². The third-order valence-electron chi connectivity index (χ3n) is 3.60. The van der Waals surface area contributed by atoms with Gasteiger partial charge in [-0.2, -0.15) is 0 Å². The quantitative estimate of drug-likeness (QED) is 0.791. The summed E-state index contributed by atoms with van der Waals surface area (Å²) in [6.45, 7) is 3.82. The van der Waals surface area contributed by atoms with E-state index in [-0.39, 0.29) is 11.7 Å². The maximum Gasteiger partial charge on any atom is 0.238 e. The average Bonchev–Trinajstić information content (AvgIpc) is 2.92. The van der Waals surface area contributed by atoms with Gasteiger partial charge in [0, 0.05) is 23.8 Å². The van der Waals surface area contributed by atoms with Gasteiger partial charge in [-0.1, -0.05) is 12.1 Å². The highest BCUT2D eigenvalue weighted by Gasteiger charge is 2.20. The zero-order valence-electron chi connectivity index (χ0n) is 12.0. The molecule has 1 unspecified atom stereocenters. The summed E-state index contributed by atoms with van der Waals surface area (Å²) in [6, 6.07) is 7.44. The number of hydrogen-bond acceptors (Lipinski definition) is 4. The fraction of sp³-hybridized carbons (Fsp3) is 0.467. The highest BCUT2D eigenvalue weighted by Crippen LogP contribution is 2.12. The third kappa shape index (κ3) is 3.88. The van der Waals surface area contributed by atoms with Gasteiger partial charge < -0.3 is 10.6 Å². The molecule has 0 saturated carbocycles. The zero-order chi connectivity index (χ0) is 14.5. The summed E-state index contributed by atoms with van der Waals surface area (Å²) < 4.78 is 0. The number of Topliss-reactive ketones (excluding diaryl/α,β-unsaturated/α-hetero) is 1. The van der Waals surface area contributed by atoms with Crippen molar-refractivity contribution in [3.8, 4) is 0 Å². The minimum Gasteiger partial charge on any atom is -0.325 e. The van der Waals surface area contributed by atoms with Crippen molar-refractivity contribution >= 4 is 17.4 Å². The predicted octanol–water partition coefficient (Wildman–Crippen LogP) is 1.12. The Hall–Kier alpha value is -1.72. The summed E-state index contributed by atoms with van der Waals surface area (Å²) in [5.41, 5.74) is 1.27. The molecule has 1 aliphatic rings. The standard InChI is InChI=1S/C15H21N3O2/c1-11(19)12-4-3-5-13(8-12)17-15(20)10-18(2)14-6-7-16-9-14/h3-5,8,14,16H,6-7,9-10H2,1-2H3,(H,17,20). The fourth-order valence-corrected chi connectivity index (χ4v) is 2.39. The van der Waals surface area contributed by atoms with Crippen LogP contribution in [0.1, 0.15) is 23.7 Å². The Balaban J connectivity index is 1.90. The first-order chi connectivity index (χ1) is 9.56. The van der Waals surface area contributed by atoms with E-state index in [1.54, 1.807) is 24.3 Å². The molecule has 1 fully saturated rings. The molecular weight excluding hydrogens is 254 g/mol. The van der Waals surface area contributed by atoms with E-state index in [4.69, 9.17) is 0 Å². The van der Waals surface area contributed by atoms with Crippen molar-refractivity contribution in [2.24, 2.45) is 0 Å². The van der Waals surface area contributed by atoms with Crippen LogP contribution in [0.5, 0.6) is 0 Å². The molecule has 1 heterocycles. The molecule has 0 aliphatic carbocycles. The molecule has 0 aromatic heterocycles. The number of ketones is 1. The summed E-state index contributed by atoms with van der Waals surface area (Å²) in [4.78, 5) is 25.4. The van der Waals surface area contributed by atoms with Crippen LogP contribution in [0.3, 0.4) is 0 Å². The maximum atomic E-state index is 12.0. The smallest absolute Gasteiger partial charge is 0.238 e. The van der Waals surface area contributed by atoms with Gasteiger partial charge in [0.05, 0.1) is 6.54 Å². The third-order valence-corrected chi connectivity index (χ3v) is 3.60. The first-order valence-electron chi connectivity index (χ1n) is 6.88. The van der Waals surface area contributed by atoms with E-state index in [9.17, 15) is 9.59 Å². The first kappa shape index (κ1) is 14.7. The Kier molecular flexibility index (Phi) is 4.87. The van der Waals surface area contributed by atoms with E-state index < -0.39 is 0 Å². The molecule has 0 radical (unpaired) electrons. The molecule has 5 nitrogen and oxygen atoms in total. The number of benzene rings is 1. The molecule has 1 atom stereocenters. The van der Waals surface area contributed by atoms with Gasteiger partial charge in [-0.3, -0.25) is 14.5 Å². The molecule has 5 heteroatoms. The Bertz CT molecular complexity index is 496. The number of carbonyl (C=O) groups excluding carboxylic acids is 2. The summed E-state index contributed by atoms with van der Waals surface area (Å²) in [5, 5.41) is 6.12. The van der Waals surface area contributed by atoms with Crippen molar-refractivity contribution in [3.05, 3.63) is 29.8 Å². The predicted molar refractivity (Wildman–Crippen MR) is 79.0 cm³/mol. The second-order valence-corrected chi connectivity index (χ2v) is 5.25. The second kappa shape index (κ2) is 6.63. The Morgan fingerprint density at radius 1 is 1.45 bits per heavy atom. The number of hydrogen-bond donors (Lipinski definition) is 2. The fourth-order valence-electron chi connectivity index (χ4n) is 2.39. The number of anilines is 1. The summed E-state index contributed by atoms with van der Waals surface area (Å²) in [6.07, 6.45) is 1.07. The number of likely N-dealkylation sites (N-methyl/N-ethyl adjacent to an activating group) is 1. The molecule has 0 spiro atoms. The lowest BCUT2D eigenvalue weighted by Gasteiger charge is -2.22. The van der Waals surface area contributed by atoms with Crippen molar-refractivity contribution < 1.29 is 9.59 Å². The first-order valence-corrected chi connectivity index (χ1v) is 6.88. The van der Waals surface area contributed by atoms with Gasteiger partial charge in [-0.15, -0.1) is 0 Å². The van der Waals surface area contributed by atoms with Gasteiger partial charge in [0.2, 0.25) is 5.91 Å². The van der Waals surface area contributed by atoms with Crippen molar-refractivity contribution in [2.75, 3.05) is 32.0 Å². The molecule has 108 valence electrons. The SMILES string of the molecule is CC(=O)c1cccc(NC(=O)CN(C)C2CCNC2)c1. The molecule has 1 aromatic carbocycles. The van der Waals surface area contributed by atoms with Crippen LogP contribution < -0.4 is 10.6 Å². The molecule has 2 rings (SSSR count). The minimum absolute atomic E-state index is 0.00440. The van der Waals surface area contributed by atoms with Crippen LogP contribution in [0.25, 0.3) is 0 Å². The van der Waals surface area contributed by atoms with E-state index >= 15 is 0 Å². The number of amides is 1. The summed E-state index contributed by atoms with van der Waals surface area (Å²) >= 11 is 0. The van der Waals surface area contributed by atoms with E-state index in [1.165, 1.54) is 6.92 Å². The second-order valence-electron chi connectivity index (χ2n) is 5.25. The van der Waals surface area contributed by atoms with Gasteiger partial charge in [-0.25, -0.2) is 0 Å². The lowest BCUT2D eigenvalue weighted by atomic mass is 10.1. The molecule has 2 N–H and O–H groups in total. The lowest BCUT2D eigenvalue weighted by molar-refractivity contribution is -0.117. The molecular formula is C15H21N3O2. The van der Waals surface area contributed by atoms with Crippen LogP contribution >= 0.6 is 0 Å². The summed E-state index contributed by atoms with van der Waals surface area (Å²) in [5.74, 6) is -0.0599. The summed E-state index contributed by atoms with van der Waals surface area (Å²) in [7, 11) is 1.96. The Morgan fingerprint density at radius 2 is 2.25 bits per heavy atom. The zero-order valence-corrected chi connectivity index (χ0v) is 12.0. The molecule has 1 aromatic rings. The molecule has 1 saturated heterocycles. The number of nitrogens with zero attached hydrogens (tertiary/aromatic N) is 1. The maximum absolute atomic E-state index is 12.0. The normalized spacial score (nSPS) is 18.2. The Morgan fingerprint density at radius 3 is 2.90 bits per heavy atom. The highest BCUT2D eigenvalue weighted by molar-refractivity contribution is 5.97. The van der Waals surface area contributed by atoms with Gasteiger partial charge in [0.1, 0.15) is 0 Å². The van der Waals surface area contributed by atoms with Crippen LogP contribution in [-0.4, -0.2) is 49.3 Å². The van der Waals surface area contributed by atoms with Crippen LogP contribution in [-0.2, 0) is 4.79 Å². The van der Waals surface area contributed by atoms with Crippen LogP contribution in [0.4, 0.5) is 5.69 Å². The van der Waals surface area contributed by atoms with Crippen LogP contribution in [0.2, 0.25) is 0 Å². The Labute approximate surface area is 119 Å². The van der Waals surface area contributed by atoms with Crippen molar-refractivity contribution in [1.29, 1.82) is 0 Å². The van der Waals surface area contributed by atoms with Crippen molar-refractivity contribution in [3.63, 3.8) is 0 Å². The van der Waals surface area contributed by atoms with E-state index in [0.717, 1.165) is 19.5 Å². The van der Waals surface area contributed by atoms with E-state index in [1.807, 2.05) is 7.05 Å². The van der Waals surface area contributed by atoms with Gasteiger partial charge >= 0.3 is 0 Å². The number of nitrogens with one attached hydrogen (secondary N) is 2. The molecule has 1 amide bonds. The number of carbonyl (C=O) groups is 2. The van der Waals surface area contributed by atoms with Gasteiger partial charge in [0.15, 0.2) is 5.78 Å². The highest BCUT2D eigenvalue weighted by atomic mass is 16.2. The molecule has 1 aliphatic heterocycles.